The number of aliphatic carboxylic acids is 2. The molecule has 0 aliphatic carbocycles. The number of carboxylic acids is 2. The van der Waals surface area contributed by atoms with Crippen LogP contribution in [-0.2, 0) is 32.3 Å². The smallest absolute Gasteiger partial charge is 0.550 e. The predicted molar refractivity (Wildman–Crippen MR) is 238 cm³/mol. The molecule has 0 aliphatic rings. The molecule has 2 aromatic carbocycles. The van der Waals surface area contributed by atoms with E-state index >= 15 is 0 Å². The summed E-state index contributed by atoms with van der Waals surface area (Å²) in [4.78, 5) is 20.6. The average molecular weight is 949 g/mol. The maximum atomic E-state index is 10.3. The Kier molecular flexibility index (Phi) is 43.9. The number of carbonyl (C=O) groups is 2. The maximum absolute atomic E-state index is 10.3. The topological polar surface area (TPSA) is 139 Å². The van der Waals surface area contributed by atoms with Gasteiger partial charge in [0.05, 0.1) is 25.4 Å². The summed E-state index contributed by atoms with van der Waals surface area (Å²) in [6.07, 6.45) is 33.0. The Morgan fingerprint density at radius 2 is 0.661 bits per heavy atom. The summed E-state index contributed by atoms with van der Waals surface area (Å²) in [7, 11) is 0. The Morgan fingerprint density at radius 3 is 0.915 bits per heavy atom. The third kappa shape index (κ3) is 40.6. The van der Waals surface area contributed by atoms with Crippen LogP contribution in [0.15, 0.2) is 60.7 Å². The molecule has 0 bridgehead atoms. The number of hydrogen-bond acceptors (Lipinski definition) is 8. The van der Waals surface area contributed by atoms with E-state index in [4.69, 9.17) is 9.47 Å². The molecular weight excluding hydrogens is 866 g/mol. The zero-order valence-corrected chi connectivity index (χ0v) is 41.5. The van der Waals surface area contributed by atoms with Gasteiger partial charge >= 0.3 is 48.9 Å². The fourth-order valence-electron chi connectivity index (χ4n) is 7.30. The van der Waals surface area contributed by atoms with E-state index in [-0.39, 0.29) is 87.1 Å². The Labute approximate surface area is 400 Å². The van der Waals surface area contributed by atoms with Crippen LogP contribution < -0.4 is 10.2 Å². The molecule has 2 aromatic rings. The number of carboxylic acid groups (broad SMARTS) is 2. The Morgan fingerprint density at radius 1 is 0.407 bits per heavy atom. The number of rotatable bonds is 40. The first kappa shape index (κ1) is 57.8. The first-order valence-electron chi connectivity index (χ1n) is 23.4. The standard InChI is InChI=1S/2C25H42O4.Ba/c2*26-21-20-24(29-22-23-16-12-11-13-17-23)18-14-9-7-5-3-1-2-4-6-8-10-15-19-25(27)28;/h2*11-13,16-17,24,26H,1-10,14-15,18-22H2,(H,27,28);/q;;+2/p-2. The number of unbranched alkanes of at least 4 members (excludes halogenated alkanes) is 22. The van der Waals surface area contributed by atoms with E-state index in [1.165, 1.54) is 127 Å². The molecule has 0 spiro atoms. The minimum Gasteiger partial charge on any atom is -0.550 e. The third-order valence-corrected chi connectivity index (χ3v) is 10.9. The van der Waals surface area contributed by atoms with Crippen LogP contribution in [0.1, 0.15) is 204 Å². The fraction of sp³-hybridized carbons (Fsp3) is 0.720. The van der Waals surface area contributed by atoms with Crippen LogP contribution in [0.2, 0.25) is 0 Å². The minimum absolute atomic E-state index is 0. The van der Waals surface area contributed by atoms with E-state index in [0.717, 1.165) is 64.2 Å². The fourth-order valence-corrected chi connectivity index (χ4v) is 7.30. The molecule has 0 heterocycles. The van der Waals surface area contributed by atoms with Crippen LogP contribution in [0.25, 0.3) is 0 Å². The molecule has 332 valence electrons. The number of aliphatic hydroxyl groups excluding tert-OH is 2. The van der Waals surface area contributed by atoms with Crippen LogP contribution in [0, 0.1) is 0 Å². The van der Waals surface area contributed by atoms with Gasteiger partial charge in [-0.05, 0) is 62.5 Å². The number of benzene rings is 2. The number of hydrogen-bond donors (Lipinski definition) is 2. The van der Waals surface area contributed by atoms with Gasteiger partial charge in [0.1, 0.15) is 0 Å². The van der Waals surface area contributed by atoms with Crippen LogP contribution >= 0.6 is 0 Å². The maximum Gasteiger partial charge on any atom is 2.00 e. The SMILES string of the molecule is O=C([O-])CCCCCCCCCCCCCCC(CCO)OCc1ccccc1.O=C([O-])CCCCCCCCCCCCCCC(CCO)OCc1ccccc1.[Ba+2]. The summed E-state index contributed by atoms with van der Waals surface area (Å²) in [6, 6.07) is 20.4. The molecule has 0 aliphatic heterocycles. The molecule has 2 atom stereocenters. The number of ether oxygens (including phenoxy) is 2. The molecule has 2 unspecified atom stereocenters. The van der Waals surface area contributed by atoms with Crippen LogP contribution in [0.4, 0.5) is 0 Å². The summed E-state index contributed by atoms with van der Waals surface area (Å²) >= 11 is 0. The van der Waals surface area contributed by atoms with Crippen molar-refractivity contribution in [2.24, 2.45) is 0 Å². The number of carbonyl (C=O) groups excluding carboxylic acids is 2. The predicted octanol–water partition coefficient (Wildman–Crippen LogP) is 9.95. The Balaban J connectivity index is 0.00000112. The van der Waals surface area contributed by atoms with Crippen molar-refractivity contribution in [1.29, 1.82) is 0 Å². The molecule has 8 nitrogen and oxygen atoms in total. The average Bonchev–Trinajstić information content (AvgIpc) is 3.22. The molecule has 59 heavy (non-hydrogen) atoms. The van der Waals surface area contributed by atoms with Gasteiger partial charge in [-0.25, -0.2) is 0 Å². The van der Waals surface area contributed by atoms with Crippen molar-refractivity contribution in [3.8, 4) is 0 Å². The van der Waals surface area contributed by atoms with E-state index in [1.54, 1.807) is 0 Å². The number of aliphatic hydroxyl groups is 2. The third-order valence-electron chi connectivity index (χ3n) is 10.9. The van der Waals surface area contributed by atoms with Gasteiger partial charge in [0.2, 0.25) is 0 Å². The van der Waals surface area contributed by atoms with E-state index in [0.29, 0.717) is 13.2 Å². The van der Waals surface area contributed by atoms with E-state index in [9.17, 15) is 30.0 Å². The van der Waals surface area contributed by atoms with Crippen molar-refractivity contribution in [1.82, 2.24) is 0 Å². The van der Waals surface area contributed by atoms with Gasteiger partial charge < -0.3 is 39.5 Å². The zero-order valence-electron chi connectivity index (χ0n) is 37.0. The summed E-state index contributed by atoms with van der Waals surface area (Å²) in [5.41, 5.74) is 2.38. The molecule has 0 amide bonds. The summed E-state index contributed by atoms with van der Waals surface area (Å²) in [5, 5.41) is 39.1. The minimum atomic E-state index is -0.923. The molecule has 9 heteroatoms. The zero-order chi connectivity index (χ0) is 42.0. The second kappa shape index (κ2) is 44.8. The van der Waals surface area contributed by atoms with E-state index < -0.39 is 11.9 Å². The van der Waals surface area contributed by atoms with Gasteiger partial charge in [-0.3, -0.25) is 0 Å². The van der Waals surface area contributed by atoms with E-state index in [1.807, 2.05) is 36.4 Å². The first-order valence-corrected chi connectivity index (χ1v) is 23.4. The van der Waals surface area contributed by atoms with Crippen LogP contribution in [0.5, 0.6) is 0 Å². The van der Waals surface area contributed by atoms with Crippen LogP contribution in [-0.4, -0.2) is 96.5 Å². The summed E-state index contributed by atoms with van der Waals surface area (Å²) in [6.45, 7) is 1.64. The van der Waals surface area contributed by atoms with Gasteiger partial charge in [-0.15, -0.1) is 0 Å². The van der Waals surface area contributed by atoms with Gasteiger partial charge in [0, 0.05) is 25.2 Å². The largest absolute Gasteiger partial charge is 2.00 e. The normalized spacial score (nSPS) is 12.0. The summed E-state index contributed by atoms with van der Waals surface area (Å²) in [5.74, 6) is -1.85. The van der Waals surface area contributed by atoms with Crippen molar-refractivity contribution in [2.45, 2.75) is 218 Å². The van der Waals surface area contributed by atoms with Crippen molar-refractivity contribution >= 4 is 60.8 Å². The van der Waals surface area contributed by atoms with Crippen molar-refractivity contribution in [3.05, 3.63) is 71.8 Å². The van der Waals surface area contributed by atoms with Crippen LogP contribution in [0.3, 0.4) is 0 Å². The Bertz CT molecular complexity index is 1080. The van der Waals surface area contributed by atoms with Crippen molar-refractivity contribution in [2.75, 3.05) is 13.2 Å². The van der Waals surface area contributed by atoms with Gasteiger partial charge in [0.25, 0.3) is 0 Å². The first-order chi connectivity index (χ1) is 28.4. The molecular formula is C50H82BaO8. The monoisotopic (exact) mass is 949 g/mol. The van der Waals surface area contributed by atoms with Gasteiger partial charge in [-0.2, -0.15) is 0 Å². The second-order valence-corrected chi connectivity index (χ2v) is 16.2. The second-order valence-electron chi connectivity index (χ2n) is 16.2. The molecule has 2 N–H and O–H groups in total. The quantitative estimate of drug-likeness (QED) is 0.0498. The molecule has 0 aromatic heterocycles. The molecule has 0 saturated heterocycles. The molecule has 0 fully saturated rings. The van der Waals surface area contributed by atoms with Gasteiger partial charge in [-0.1, -0.05) is 202 Å². The molecule has 0 saturated carbocycles. The van der Waals surface area contributed by atoms with Gasteiger partial charge in [0.15, 0.2) is 0 Å². The molecule has 0 radical (unpaired) electrons. The molecule has 2 rings (SSSR count). The summed E-state index contributed by atoms with van der Waals surface area (Å²) < 4.78 is 12.0. The van der Waals surface area contributed by atoms with Crippen molar-refractivity contribution in [3.63, 3.8) is 0 Å². The Hall–Kier alpha value is -1.21. The van der Waals surface area contributed by atoms with E-state index in [2.05, 4.69) is 24.3 Å². The van der Waals surface area contributed by atoms with Crippen molar-refractivity contribution < 1.29 is 39.5 Å².